The van der Waals surface area contributed by atoms with Crippen molar-refractivity contribution < 1.29 is 9.53 Å². The molecule has 0 fully saturated rings. The van der Waals surface area contributed by atoms with Crippen molar-refractivity contribution in [3.05, 3.63) is 29.6 Å². The lowest BCUT2D eigenvalue weighted by molar-refractivity contribution is -0.143. The number of nitrogens with zero attached hydrogens (tertiary/aromatic N) is 1. The molecule has 0 aliphatic carbocycles. The molecule has 14 heavy (non-hydrogen) atoms. The summed E-state index contributed by atoms with van der Waals surface area (Å²) in [5.74, 6) is -0.137. The Hall–Kier alpha value is -1.38. The van der Waals surface area contributed by atoms with E-state index in [0.717, 1.165) is 17.7 Å². The zero-order valence-corrected chi connectivity index (χ0v) is 8.62. The van der Waals surface area contributed by atoms with Gasteiger partial charge in [-0.3, -0.25) is 9.78 Å². The van der Waals surface area contributed by atoms with Gasteiger partial charge >= 0.3 is 5.97 Å². The molecule has 3 nitrogen and oxygen atoms in total. The van der Waals surface area contributed by atoms with Crippen molar-refractivity contribution >= 4 is 5.97 Å². The summed E-state index contributed by atoms with van der Waals surface area (Å²) in [5, 5.41) is 0. The Balaban J connectivity index is 2.41. The maximum Gasteiger partial charge on any atom is 0.306 e. The number of ether oxygens (including phenoxy) is 1. The minimum absolute atomic E-state index is 0.137. The van der Waals surface area contributed by atoms with Gasteiger partial charge in [-0.05, 0) is 38.0 Å². The highest BCUT2D eigenvalue weighted by molar-refractivity contribution is 5.69. The van der Waals surface area contributed by atoms with Crippen LogP contribution >= 0.6 is 0 Å². The standard InChI is InChI=1S/C11H15NO2/c1-3-14-11(13)5-4-10-6-7-12-9(2)8-10/h6-8H,3-5H2,1-2H3. The summed E-state index contributed by atoms with van der Waals surface area (Å²) in [7, 11) is 0. The van der Waals surface area contributed by atoms with E-state index in [9.17, 15) is 4.79 Å². The number of pyridine rings is 1. The first-order valence-corrected chi connectivity index (χ1v) is 4.79. The minimum atomic E-state index is -0.137. The number of esters is 1. The van der Waals surface area contributed by atoms with E-state index < -0.39 is 0 Å². The maximum absolute atomic E-state index is 11.1. The number of hydrogen-bond acceptors (Lipinski definition) is 3. The topological polar surface area (TPSA) is 39.2 Å². The van der Waals surface area contributed by atoms with Crippen molar-refractivity contribution in [3.63, 3.8) is 0 Å². The van der Waals surface area contributed by atoms with E-state index in [4.69, 9.17) is 4.74 Å². The predicted octanol–water partition coefficient (Wildman–Crippen LogP) is 1.89. The molecule has 0 aliphatic heterocycles. The third-order valence-corrected chi connectivity index (χ3v) is 1.88. The minimum Gasteiger partial charge on any atom is -0.466 e. The Kier molecular flexibility index (Phi) is 4.11. The second-order valence-electron chi connectivity index (χ2n) is 3.11. The van der Waals surface area contributed by atoms with Crippen LogP contribution in [0.15, 0.2) is 18.3 Å². The van der Waals surface area contributed by atoms with Crippen molar-refractivity contribution in [1.82, 2.24) is 4.98 Å². The predicted molar refractivity (Wildman–Crippen MR) is 53.9 cm³/mol. The molecule has 0 aliphatic rings. The normalized spacial score (nSPS) is 9.86. The Morgan fingerprint density at radius 2 is 2.36 bits per heavy atom. The van der Waals surface area contributed by atoms with Crippen LogP contribution in [0.4, 0.5) is 0 Å². The zero-order valence-electron chi connectivity index (χ0n) is 8.62. The Morgan fingerprint density at radius 1 is 1.57 bits per heavy atom. The van der Waals surface area contributed by atoms with Crippen molar-refractivity contribution in [2.24, 2.45) is 0 Å². The van der Waals surface area contributed by atoms with E-state index in [1.165, 1.54) is 0 Å². The molecule has 0 unspecified atom stereocenters. The fourth-order valence-corrected chi connectivity index (χ4v) is 1.24. The smallest absolute Gasteiger partial charge is 0.306 e. The summed E-state index contributed by atoms with van der Waals surface area (Å²) in [6.45, 7) is 4.20. The largest absolute Gasteiger partial charge is 0.466 e. The molecule has 3 heteroatoms. The molecular formula is C11H15NO2. The molecule has 0 N–H and O–H groups in total. The Morgan fingerprint density at radius 3 is 3.00 bits per heavy atom. The highest BCUT2D eigenvalue weighted by atomic mass is 16.5. The van der Waals surface area contributed by atoms with E-state index in [1.54, 1.807) is 6.20 Å². The van der Waals surface area contributed by atoms with Crippen LogP contribution in [0.5, 0.6) is 0 Å². The van der Waals surface area contributed by atoms with Crippen molar-refractivity contribution in [2.45, 2.75) is 26.7 Å². The van der Waals surface area contributed by atoms with Gasteiger partial charge in [-0.25, -0.2) is 0 Å². The molecule has 76 valence electrons. The SMILES string of the molecule is CCOC(=O)CCc1ccnc(C)c1. The van der Waals surface area contributed by atoms with Gasteiger partial charge in [0.05, 0.1) is 6.61 Å². The quantitative estimate of drug-likeness (QED) is 0.685. The summed E-state index contributed by atoms with van der Waals surface area (Å²) in [4.78, 5) is 15.2. The van der Waals surface area contributed by atoms with Gasteiger partial charge in [0, 0.05) is 18.3 Å². The van der Waals surface area contributed by atoms with Gasteiger partial charge in [0.15, 0.2) is 0 Å². The lowest BCUT2D eigenvalue weighted by Crippen LogP contribution is -2.05. The number of carbonyl (C=O) groups is 1. The van der Waals surface area contributed by atoms with Gasteiger partial charge in [0.1, 0.15) is 0 Å². The molecule has 1 heterocycles. The highest BCUT2D eigenvalue weighted by Crippen LogP contribution is 2.04. The first-order valence-electron chi connectivity index (χ1n) is 4.79. The summed E-state index contributed by atoms with van der Waals surface area (Å²) in [6, 6.07) is 3.91. The van der Waals surface area contributed by atoms with Crippen LogP contribution in [0.3, 0.4) is 0 Å². The van der Waals surface area contributed by atoms with E-state index in [-0.39, 0.29) is 5.97 Å². The summed E-state index contributed by atoms with van der Waals surface area (Å²) >= 11 is 0. The third kappa shape index (κ3) is 3.56. The summed E-state index contributed by atoms with van der Waals surface area (Å²) in [5.41, 5.74) is 2.11. The molecule has 0 atom stereocenters. The molecule has 0 spiro atoms. The maximum atomic E-state index is 11.1. The average Bonchev–Trinajstić information content (AvgIpc) is 2.15. The monoisotopic (exact) mass is 193 g/mol. The van der Waals surface area contributed by atoms with Crippen molar-refractivity contribution in [1.29, 1.82) is 0 Å². The van der Waals surface area contributed by atoms with Crippen LogP contribution in [0.2, 0.25) is 0 Å². The molecule has 0 aromatic carbocycles. The number of carbonyl (C=O) groups excluding carboxylic acids is 1. The molecule has 0 radical (unpaired) electrons. The number of aromatic nitrogens is 1. The molecule has 1 rings (SSSR count). The van der Waals surface area contributed by atoms with Crippen LogP contribution in [-0.2, 0) is 16.0 Å². The fraction of sp³-hybridized carbons (Fsp3) is 0.455. The molecule has 0 saturated heterocycles. The molecule has 1 aromatic heterocycles. The number of rotatable bonds is 4. The Labute approximate surface area is 84.1 Å². The number of aryl methyl sites for hydroxylation is 2. The summed E-state index contributed by atoms with van der Waals surface area (Å²) in [6.07, 6.45) is 2.93. The molecular weight excluding hydrogens is 178 g/mol. The van der Waals surface area contributed by atoms with Crippen LogP contribution < -0.4 is 0 Å². The number of hydrogen-bond donors (Lipinski definition) is 0. The lowest BCUT2D eigenvalue weighted by Gasteiger charge is -2.02. The van der Waals surface area contributed by atoms with Crippen molar-refractivity contribution in [3.8, 4) is 0 Å². The van der Waals surface area contributed by atoms with Gasteiger partial charge < -0.3 is 4.74 Å². The van der Waals surface area contributed by atoms with Crippen LogP contribution in [0, 0.1) is 6.92 Å². The first kappa shape index (κ1) is 10.7. The molecule has 1 aromatic rings. The van der Waals surface area contributed by atoms with Gasteiger partial charge in [0.25, 0.3) is 0 Å². The molecule has 0 bridgehead atoms. The van der Waals surface area contributed by atoms with E-state index in [0.29, 0.717) is 13.0 Å². The van der Waals surface area contributed by atoms with E-state index >= 15 is 0 Å². The molecule has 0 saturated carbocycles. The second-order valence-corrected chi connectivity index (χ2v) is 3.11. The first-order chi connectivity index (χ1) is 6.72. The summed E-state index contributed by atoms with van der Waals surface area (Å²) < 4.78 is 4.84. The van der Waals surface area contributed by atoms with Gasteiger partial charge in [-0.1, -0.05) is 0 Å². The van der Waals surface area contributed by atoms with Gasteiger partial charge in [-0.2, -0.15) is 0 Å². The van der Waals surface area contributed by atoms with Crippen LogP contribution in [0.1, 0.15) is 24.6 Å². The average molecular weight is 193 g/mol. The van der Waals surface area contributed by atoms with E-state index in [1.807, 2.05) is 26.0 Å². The van der Waals surface area contributed by atoms with Crippen molar-refractivity contribution in [2.75, 3.05) is 6.61 Å². The highest BCUT2D eigenvalue weighted by Gasteiger charge is 2.02. The third-order valence-electron chi connectivity index (χ3n) is 1.88. The van der Waals surface area contributed by atoms with Gasteiger partial charge in [-0.15, -0.1) is 0 Å². The Bertz CT molecular complexity index is 310. The van der Waals surface area contributed by atoms with Crippen LogP contribution in [0.25, 0.3) is 0 Å². The lowest BCUT2D eigenvalue weighted by atomic mass is 10.1. The second kappa shape index (κ2) is 5.37. The molecule has 0 amide bonds. The van der Waals surface area contributed by atoms with E-state index in [2.05, 4.69) is 4.98 Å². The van der Waals surface area contributed by atoms with Crippen LogP contribution in [-0.4, -0.2) is 17.6 Å². The fourth-order valence-electron chi connectivity index (χ4n) is 1.24. The van der Waals surface area contributed by atoms with Gasteiger partial charge in [0.2, 0.25) is 0 Å². The zero-order chi connectivity index (χ0) is 10.4.